The third kappa shape index (κ3) is 13.7. The number of nitrogens with one attached hydrogen (secondary N) is 1. The number of methoxy groups -OCH3 is 1. The second-order valence-electron chi connectivity index (χ2n) is 3.10. The molecule has 0 atom stereocenters. The highest BCUT2D eigenvalue weighted by Crippen LogP contribution is 2.11. The van der Waals surface area contributed by atoms with E-state index in [1.807, 2.05) is 0 Å². The van der Waals surface area contributed by atoms with Crippen molar-refractivity contribution in [2.24, 2.45) is 0 Å². The molecule has 0 aromatic heterocycles. The van der Waals surface area contributed by atoms with Crippen molar-refractivity contribution in [1.29, 1.82) is 0 Å². The number of alkyl halides is 3. The van der Waals surface area contributed by atoms with E-state index in [-0.39, 0.29) is 0 Å². The molecule has 0 rings (SSSR count). The Kier molecular flexibility index (Phi) is 8.74. The van der Waals surface area contributed by atoms with Crippen LogP contribution in [0.25, 0.3) is 0 Å². The summed E-state index contributed by atoms with van der Waals surface area (Å²) in [6.45, 7) is 1.10. The first-order valence-corrected chi connectivity index (χ1v) is 4.90. The Balaban J connectivity index is 2.99. The molecule has 0 radical (unpaired) electrons. The molecule has 6 heteroatoms. The summed E-state index contributed by atoms with van der Waals surface area (Å²) in [4.78, 5) is 0. The van der Waals surface area contributed by atoms with Gasteiger partial charge in [-0.05, 0) is 19.4 Å². The van der Waals surface area contributed by atoms with Gasteiger partial charge in [0.2, 0.25) is 0 Å². The van der Waals surface area contributed by atoms with Gasteiger partial charge < -0.3 is 14.8 Å². The number of rotatable bonds is 9. The Hall–Kier alpha value is -0.330. The summed E-state index contributed by atoms with van der Waals surface area (Å²) >= 11 is 0. The van der Waals surface area contributed by atoms with Crippen LogP contribution in [0.2, 0.25) is 0 Å². The van der Waals surface area contributed by atoms with Gasteiger partial charge in [-0.2, -0.15) is 13.2 Å². The van der Waals surface area contributed by atoms with Gasteiger partial charge in [-0.1, -0.05) is 0 Å². The average Bonchev–Trinajstić information content (AvgIpc) is 2.14. The average molecular weight is 229 g/mol. The summed E-state index contributed by atoms with van der Waals surface area (Å²) in [5.41, 5.74) is 0. The first kappa shape index (κ1) is 14.7. The highest BCUT2D eigenvalue weighted by Gasteiger charge is 2.25. The first-order valence-electron chi connectivity index (χ1n) is 4.90. The van der Waals surface area contributed by atoms with Crippen molar-refractivity contribution in [3.05, 3.63) is 0 Å². The standard InChI is InChI=1S/C9H18F3NO2/c1-14-6-7-15-5-3-2-4-13-8-9(10,11)12/h13H,2-8H2,1H3. The zero-order valence-corrected chi connectivity index (χ0v) is 8.90. The Morgan fingerprint density at radius 3 is 2.40 bits per heavy atom. The molecule has 0 aliphatic heterocycles. The predicted molar refractivity (Wildman–Crippen MR) is 50.9 cm³/mol. The number of hydrogen-bond donors (Lipinski definition) is 1. The van der Waals surface area contributed by atoms with E-state index in [2.05, 4.69) is 5.32 Å². The Morgan fingerprint density at radius 1 is 1.07 bits per heavy atom. The molecule has 0 fully saturated rings. The first-order chi connectivity index (χ1) is 7.06. The van der Waals surface area contributed by atoms with Crippen LogP contribution in [0.15, 0.2) is 0 Å². The van der Waals surface area contributed by atoms with Crippen molar-refractivity contribution in [2.45, 2.75) is 19.0 Å². The van der Waals surface area contributed by atoms with Gasteiger partial charge in [0.25, 0.3) is 0 Å². The minimum Gasteiger partial charge on any atom is -0.382 e. The lowest BCUT2D eigenvalue weighted by Gasteiger charge is -2.08. The van der Waals surface area contributed by atoms with E-state index in [4.69, 9.17) is 9.47 Å². The Labute approximate surface area is 87.9 Å². The lowest BCUT2D eigenvalue weighted by atomic mass is 10.3. The van der Waals surface area contributed by atoms with Crippen LogP contribution < -0.4 is 5.32 Å². The molecule has 3 nitrogen and oxygen atoms in total. The third-order valence-electron chi connectivity index (χ3n) is 1.65. The summed E-state index contributed by atoms with van der Waals surface area (Å²) in [5, 5.41) is 2.32. The van der Waals surface area contributed by atoms with Crippen LogP contribution in [0, 0.1) is 0 Å². The van der Waals surface area contributed by atoms with Gasteiger partial charge >= 0.3 is 6.18 Å². The fourth-order valence-corrected chi connectivity index (χ4v) is 0.929. The highest BCUT2D eigenvalue weighted by atomic mass is 19.4. The van der Waals surface area contributed by atoms with E-state index in [1.165, 1.54) is 0 Å². The zero-order valence-electron chi connectivity index (χ0n) is 8.90. The lowest BCUT2D eigenvalue weighted by molar-refractivity contribution is -0.124. The molecular formula is C9H18F3NO2. The van der Waals surface area contributed by atoms with Gasteiger partial charge in [0.1, 0.15) is 0 Å². The smallest absolute Gasteiger partial charge is 0.382 e. The molecule has 15 heavy (non-hydrogen) atoms. The molecule has 0 unspecified atom stereocenters. The Bertz CT molecular complexity index is 142. The molecule has 0 aromatic rings. The molecule has 0 amide bonds. The van der Waals surface area contributed by atoms with E-state index in [9.17, 15) is 13.2 Å². The van der Waals surface area contributed by atoms with E-state index >= 15 is 0 Å². The molecule has 0 saturated carbocycles. The molecule has 0 saturated heterocycles. The normalized spacial score (nSPS) is 12.0. The molecule has 0 bridgehead atoms. The predicted octanol–water partition coefficient (Wildman–Crippen LogP) is 1.58. The highest BCUT2D eigenvalue weighted by molar-refractivity contribution is 4.55. The molecule has 92 valence electrons. The minimum atomic E-state index is -4.12. The molecule has 0 heterocycles. The number of unbranched alkanes of at least 4 members (excludes halogenated alkanes) is 1. The zero-order chi connectivity index (χ0) is 11.6. The van der Waals surface area contributed by atoms with E-state index in [1.54, 1.807) is 7.11 Å². The second-order valence-corrected chi connectivity index (χ2v) is 3.10. The van der Waals surface area contributed by atoms with Crippen LogP contribution in [-0.2, 0) is 9.47 Å². The Morgan fingerprint density at radius 2 is 1.80 bits per heavy atom. The SMILES string of the molecule is COCCOCCCCNCC(F)(F)F. The third-order valence-corrected chi connectivity index (χ3v) is 1.65. The number of hydrogen-bond acceptors (Lipinski definition) is 3. The fourth-order valence-electron chi connectivity index (χ4n) is 0.929. The van der Waals surface area contributed by atoms with Crippen molar-refractivity contribution >= 4 is 0 Å². The summed E-state index contributed by atoms with van der Waals surface area (Å²) in [6, 6.07) is 0. The molecular weight excluding hydrogens is 211 g/mol. The van der Waals surface area contributed by atoms with Gasteiger partial charge in [-0.3, -0.25) is 0 Å². The summed E-state index contributed by atoms with van der Waals surface area (Å²) in [6.07, 6.45) is -2.67. The van der Waals surface area contributed by atoms with Crippen molar-refractivity contribution in [1.82, 2.24) is 5.32 Å². The maximum absolute atomic E-state index is 11.7. The van der Waals surface area contributed by atoms with Crippen LogP contribution in [-0.4, -0.2) is 46.2 Å². The van der Waals surface area contributed by atoms with Crippen LogP contribution in [0.1, 0.15) is 12.8 Å². The van der Waals surface area contributed by atoms with E-state index < -0.39 is 12.7 Å². The quantitative estimate of drug-likeness (QED) is 0.609. The summed E-state index contributed by atoms with van der Waals surface area (Å²) < 4.78 is 44.9. The molecule has 0 spiro atoms. The maximum atomic E-state index is 11.7. The van der Waals surface area contributed by atoms with Gasteiger partial charge in [0.05, 0.1) is 19.8 Å². The maximum Gasteiger partial charge on any atom is 0.401 e. The van der Waals surface area contributed by atoms with Gasteiger partial charge in [-0.25, -0.2) is 0 Å². The van der Waals surface area contributed by atoms with E-state index in [0.717, 1.165) is 6.42 Å². The van der Waals surface area contributed by atoms with Crippen LogP contribution in [0.5, 0.6) is 0 Å². The molecule has 0 aliphatic rings. The van der Waals surface area contributed by atoms with Gasteiger partial charge in [0, 0.05) is 13.7 Å². The molecule has 0 aromatic carbocycles. The molecule has 0 aliphatic carbocycles. The topological polar surface area (TPSA) is 30.5 Å². The number of ether oxygens (including phenoxy) is 2. The van der Waals surface area contributed by atoms with E-state index in [0.29, 0.717) is 32.8 Å². The fraction of sp³-hybridized carbons (Fsp3) is 1.00. The van der Waals surface area contributed by atoms with Crippen LogP contribution >= 0.6 is 0 Å². The largest absolute Gasteiger partial charge is 0.401 e. The summed E-state index contributed by atoms with van der Waals surface area (Å²) in [7, 11) is 1.59. The number of halogens is 3. The summed E-state index contributed by atoms with van der Waals surface area (Å²) in [5.74, 6) is 0. The monoisotopic (exact) mass is 229 g/mol. The minimum absolute atomic E-state index is 0.368. The van der Waals surface area contributed by atoms with Crippen molar-refractivity contribution in [2.75, 3.05) is 40.0 Å². The van der Waals surface area contributed by atoms with Crippen LogP contribution in [0.4, 0.5) is 13.2 Å². The van der Waals surface area contributed by atoms with Crippen molar-refractivity contribution in [3.63, 3.8) is 0 Å². The van der Waals surface area contributed by atoms with Gasteiger partial charge in [0.15, 0.2) is 0 Å². The molecule has 1 N–H and O–H groups in total. The van der Waals surface area contributed by atoms with Gasteiger partial charge in [-0.15, -0.1) is 0 Å². The van der Waals surface area contributed by atoms with Crippen molar-refractivity contribution < 1.29 is 22.6 Å². The second kappa shape index (κ2) is 8.94. The van der Waals surface area contributed by atoms with Crippen molar-refractivity contribution in [3.8, 4) is 0 Å². The van der Waals surface area contributed by atoms with Crippen LogP contribution in [0.3, 0.4) is 0 Å². The lowest BCUT2D eigenvalue weighted by Crippen LogP contribution is -2.29.